The van der Waals surface area contributed by atoms with Crippen molar-refractivity contribution in [1.82, 2.24) is 10.2 Å². The number of hydrogen-bond acceptors (Lipinski definition) is 6. The van der Waals surface area contributed by atoms with Crippen LogP contribution >= 0.6 is 0 Å². The lowest BCUT2D eigenvalue weighted by Gasteiger charge is -2.33. The largest absolute Gasteiger partial charge is 0.497 e. The second-order valence-corrected chi connectivity index (χ2v) is 12.2. The van der Waals surface area contributed by atoms with Gasteiger partial charge in [0, 0.05) is 12.6 Å². The molecule has 1 N–H and O–H groups in total. The molecule has 0 spiro atoms. The van der Waals surface area contributed by atoms with Gasteiger partial charge in [-0.2, -0.15) is 0 Å². The summed E-state index contributed by atoms with van der Waals surface area (Å²) < 4.78 is 39.7. The van der Waals surface area contributed by atoms with E-state index in [9.17, 15) is 18.0 Å². The van der Waals surface area contributed by atoms with E-state index in [0.29, 0.717) is 11.5 Å². The minimum atomic E-state index is -4.18. The van der Waals surface area contributed by atoms with Crippen LogP contribution in [0.25, 0.3) is 0 Å². The van der Waals surface area contributed by atoms with Crippen molar-refractivity contribution >= 4 is 27.5 Å². The fourth-order valence-electron chi connectivity index (χ4n) is 5.15. The molecule has 1 aliphatic rings. The molecule has 1 saturated carbocycles. The topological polar surface area (TPSA) is 105 Å². The number of anilines is 1. The minimum absolute atomic E-state index is 0.0356. The Balaban J connectivity index is 1.69. The molecule has 1 atom stereocenters. The van der Waals surface area contributed by atoms with Gasteiger partial charge in [0.15, 0.2) is 0 Å². The number of carbonyl (C=O) groups is 2. The SMILES string of the molecule is COc1ccc(CN(C(=O)CN(c2ccccc2OC)S(=O)(=O)c2ccccc2)C(C)C(=O)NC2CCCCC2)cc1. The van der Waals surface area contributed by atoms with E-state index < -0.39 is 28.5 Å². The van der Waals surface area contributed by atoms with Crippen LogP contribution in [0.5, 0.6) is 11.5 Å². The highest BCUT2D eigenvalue weighted by atomic mass is 32.2. The number of nitrogens with zero attached hydrogens (tertiary/aromatic N) is 2. The Morgan fingerprint density at radius 2 is 1.52 bits per heavy atom. The van der Waals surface area contributed by atoms with Crippen LogP contribution in [0.3, 0.4) is 0 Å². The van der Waals surface area contributed by atoms with Crippen molar-refractivity contribution in [3.63, 3.8) is 0 Å². The van der Waals surface area contributed by atoms with Gasteiger partial charge in [-0.25, -0.2) is 8.42 Å². The molecule has 1 aliphatic carbocycles. The summed E-state index contributed by atoms with van der Waals surface area (Å²) in [4.78, 5) is 29.1. The fraction of sp³-hybridized carbons (Fsp3) is 0.375. The third-order valence-electron chi connectivity index (χ3n) is 7.59. The summed E-state index contributed by atoms with van der Waals surface area (Å²) in [6.45, 7) is 1.25. The number of hydrogen-bond donors (Lipinski definition) is 1. The van der Waals surface area contributed by atoms with Gasteiger partial charge in [-0.3, -0.25) is 13.9 Å². The van der Waals surface area contributed by atoms with Gasteiger partial charge in [0.1, 0.15) is 24.1 Å². The molecule has 3 aromatic rings. The molecular formula is C32H39N3O6S. The molecule has 224 valence electrons. The van der Waals surface area contributed by atoms with E-state index in [-0.39, 0.29) is 29.1 Å². The zero-order valence-corrected chi connectivity index (χ0v) is 25.2. The maximum absolute atomic E-state index is 14.1. The fourth-order valence-corrected chi connectivity index (χ4v) is 6.59. The monoisotopic (exact) mass is 593 g/mol. The third kappa shape index (κ3) is 7.42. The first-order valence-corrected chi connectivity index (χ1v) is 15.6. The Hall–Kier alpha value is -4.05. The summed E-state index contributed by atoms with van der Waals surface area (Å²) in [5.41, 5.74) is 0.997. The molecule has 10 heteroatoms. The number of amides is 2. The molecule has 1 fully saturated rings. The molecule has 4 rings (SSSR count). The first kappa shape index (κ1) is 30.9. The normalized spacial score (nSPS) is 14.5. The van der Waals surface area contributed by atoms with Crippen LogP contribution in [0.4, 0.5) is 5.69 Å². The molecule has 2 amide bonds. The van der Waals surface area contributed by atoms with Crippen molar-refractivity contribution in [2.75, 3.05) is 25.1 Å². The summed E-state index contributed by atoms with van der Waals surface area (Å²) >= 11 is 0. The van der Waals surface area contributed by atoms with Gasteiger partial charge in [-0.15, -0.1) is 0 Å². The number of carbonyl (C=O) groups excluding carboxylic acids is 2. The lowest BCUT2D eigenvalue weighted by molar-refractivity contribution is -0.139. The van der Waals surface area contributed by atoms with Crippen molar-refractivity contribution in [3.8, 4) is 11.5 Å². The predicted molar refractivity (Wildman–Crippen MR) is 162 cm³/mol. The van der Waals surface area contributed by atoms with E-state index in [2.05, 4.69) is 5.32 Å². The maximum Gasteiger partial charge on any atom is 0.264 e. The van der Waals surface area contributed by atoms with Gasteiger partial charge in [-0.1, -0.05) is 61.7 Å². The highest BCUT2D eigenvalue weighted by Gasteiger charge is 2.34. The van der Waals surface area contributed by atoms with Crippen molar-refractivity contribution in [2.45, 2.75) is 62.6 Å². The van der Waals surface area contributed by atoms with E-state index in [4.69, 9.17) is 9.47 Å². The second kappa shape index (κ2) is 14.2. The van der Waals surface area contributed by atoms with Crippen LogP contribution in [0.2, 0.25) is 0 Å². The molecule has 0 aliphatic heterocycles. The van der Waals surface area contributed by atoms with Gasteiger partial charge in [-0.05, 0) is 61.7 Å². The van der Waals surface area contributed by atoms with Crippen molar-refractivity contribution in [3.05, 3.63) is 84.4 Å². The Bertz CT molecular complexity index is 1440. The van der Waals surface area contributed by atoms with E-state index in [1.807, 2.05) is 12.1 Å². The summed E-state index contributed by atoms with van der Waals surface area (Å²) in [6.07, 6.45) is 5.07. The van der Waals surface area contributed by atoms with E-state index in [0.717, 1.165) is 42.0 Å². The van der Waals surface area contributed by atoms with E-state index >= 15 is 0 Å². The highest BCUT2D eigenvalue weighted by Crippen LogP contribution is 2.32. The number of ether oxygens (including phenoxy) is 2. The number of sulfonamides is 1. The summed E-state index contributed by atoms with van der Waals surface area (Å²) in [7, 11) is -1.16. The number of nitrogens with one attached hydrogen (secondary N) is 1. The number of methoxy groups -OCH3 is 2. The Labute approximate surface area is 248 Å². The van der Waals surface area contributed by atoms with Crippen molar-refractivity contribution in [2.24, 2.45) is 0 Å². The quantitative estimate of drug-likeness (QED) is 0.325. The second-order valence-electron chi connectivity index (χ2n) is 10.4. The number of benzene rings is 3. The van der Waals surface area contributed by atoms with Crippen LogP contribution in [0.1, 0.15) is 44.6 Å². The van der Waals surface area contributed by atoms with Crippen molar-refractivity contribution in [1.29, 1.82) is 0 Å². The predicted octanol–water partition coefficient (Wildman–Crippen LogP) is 4.77. The van der Waals surface area contributed by atoms with Crippen LogP contribution in [0.15, 0.2) is 83.8 Å². The zero-order valence-electron chi connectivity index (χ0n) is 24.4. The molecule has 0 radical (unpaired) electrons. The van der Waals surface area contributed by atoms with Gasteiger partial charge >= 0.3 is 0 Å². The maximum atomic E-state index is 14.1. The lowest BCUT2D eigenvalue weighted by Crippen LogP contribution is -2.53. The van der Waals surface area contributed by atoms with Gasteiger partial charge in [0.05, 0.1) is 24.8 Å². The number of para-hydroxylation sites is 2. The van der Waals surface area contributed by atoms with Crippen molar-refractivity contribution < 1.29 is 27.5 Å². The molecule has 0 aromatic heterocycles. The van der Waals surface area contributed by atoms with Gasteiger partial charge in [0.2, 0.25) is 11.8 Å². The number of rotatable bonds is 12. The first-order chi connectivity index (χ1) is 20.2. The standard InChI is InChI=1S/C32H39N3O6S/c1-24(32(37)33-26-12-6-4-7-13-26)34(22-25-18-20-27(40-2)21-19-25)31(36)23-35(29-16-10-11-17-30(29)41-3)42(38,39)28-14-8-5-9-15-28/h5,8-11,14-21,24,26H,4,6-7,12-13,22-23H2,1-3H3,(H,33,37). The third-order valence-corrected chi connectivity index (χ3v) is 9.37. The Morgan fingerprint density at radius 1 is 0.881 bits per heavy atom. The highest BCUT2D eigenvalue weighted by molar-refractivity contribution is 7.92. The van der Waals surface area contributed by atoms with E-state index in [1.54, 1.807) is 68.6 Å². The molecule has 1 unspecified atom stereocenters. The molecule has 3 aromatic carbocycles. The summed E-state index contributed by atoms with van der Waals surface area (Å²) in [5.74, 6) is 0.173. The van der Waals surface area contributed by atoms with E-state index in [1.165, 1.54) is 24.1 Å². The van der Waals surface area contributed by atoms with Crippen LogP contribution in [-0.4, -0.2) is 58.0 Å². The Kier molecular flexibility index (Phi) is 10.5. The van der Waals surface area contributed by atoms with Crippen LogP contribution < -0.4 is 19.1 Å². The van der Waals surface area contributed by atoms with Crippen LogP contribution in [0, 0.1) is 0 Å². The molecule has 42 heavy (non-hydrogen) atoms. The van der Waals surface area contributed by atoms with Gasteiger partial charge in [0.25, 0.3) is 10.0 Å². The van der Waals surface area contributed by atoms with Crippen LogP contribution in [-0.2, 0) is 26.2 Å². The molecule has 0 saturated heterocycles. The molecule has 0 bridgehead atoms. The average Bonchev–Trinajstić information content (AvgIpc) is 3.03. The summed E-state index contributed by atoms with van der Waals surface area (Å²) in [6, 6.07) is 21.0. The average molecular weight is 594 g/mol. The van der Waals surface area contributed by atoms with Gasteiger partial charge < -0.3 is 19.7 Å². The molecule has 0 heterocycles. The molecular weight excluding hydrogens is 554 g/mol. The minimum Gasteiger partial charge on any atom is -0.497 e. The zero-order chi connectivity index (χ0) is 30.1. The Morgan fingerprint density at radius 3 is 2.17 bits per heavy atom. The smallest absolute Gasteiger partial charge is 0.264 e. The lowest BCUT2D eigenvalue weighted by atomic mass is 9.95. The first-order valence-electron chi connectivity index (χ1n) is 14.2. The molecule has 9 nitrogen and oxygen atoms in total. The summed E-state index contributed by atoms with van der Waals surface area (Å²) in [5, 5.41) is 3.11.